The van der Waals surface area contributed by atoms with E-state index in [0.717, 1.165) is 26.2 Å². The first-order chi connectivity index (χ1) is 5.24. The van der Waals surface area contributed by atoms with Crippen molar-refractivity contribution in [2.45, 2.75) is 6.92 Å². The quantitative estimate of drug-likeness (QED) is 0.565. The number of hydrogen-bond acceptors (Lipinski definition) is 3. The fourth-order valence-corrected chi connectivity index (χ4v) is 1.22. The highest BCUT2D eigenvalue weighted by Gasteiger charge is 2.14. The van der Waals surface area contributed by atoms with Crippen molar-refractivity contribution < 1.29 is 5.11 Å². The van der Waals surface area contributed by atoms with Crippen LogP contribution in [0.1, 0.15) is 6.92 Å². The number of allylic oxidation sites excluding steroid dienone is 1. The van der Waals surface area contributed by atoms with Crippen molar-refractivity contribution in [3.05, 3.63) is 12.0 Å². The van der Waals surface area contributed by atoms with Gasteiger partial charge in [0.15, 0.2) is 5.88 Å². The highest BCUT2D eigenvalue weighted by molar-refractivity contribution is 4.90. The Morgan fingerprint density at radius 2 is 1.82 bits per heavy atom. The number of rotatable bonds is 1. The third-order valence-corrected chi connectivity index (χ3v) is 2.09. The smallest absolute Gasteiger partial charge is 0.182 e. The highest BCUT2D eigenvalue weighted by atomic mass is 16.3. The maximum atomic E-state index is 9.34. The van der Waals surface area contributed by atoms with Crippen LogP contribution in [0.5, 0.6) is 0 Å². The van der Waals surface area contributed by atoms with Crippen molar-refractivity contribution in [1.29, 1.82) is 0 Å². The number of piperazine rings is 1. The summed E-state index contributed by atoms with van der Waals surface area (Å²) >= 11 is 0. The number of nitrogens with zero attached hydrogens (tertiary/aromatic N) is 2. The molecule has 1 fully saturated rings. The van der Waals surface area contributed by atoms with Crippen molar-refractivity contribution in [3.8, 4) is 0 Å². The molecule has 0 aromatic heterocycles. The van der Waals surface area contributed by atoms with Crippen molar-refractivity contribution in [2.24, 2.45) is 0 Å². The molecule has 0 amide bonds. The summed E-state index contributed by atoms with van der Waals surface area (Å²) in [6.45, 7) is 5.81. The Bertz CT molecular complexity index is 148. The molecule has 0 aromatic carbocycles. The molecule has 11 heavy (non-hydrogen) atoms. The van der Waals surface area contributed by atoms with Crippen LogP contribution in [0.15, 0.2) is 12.0 Å². The Hall–Kier alpha value is -0.700. The number of likely N-dealkylation sites (N-methyl/N-ethyl adjacent to an activating group) is 1. The molecule has 3 heteroatoms. The van der Waals surface area contributed by atoms with Gasteiger partial charge in [-0.2, -0.15) is 0 Å². The molecule has 0 spiro atoms. The van der Waals surface area contributed by atoms with E-state index < -0.39 is 0 Å². The second kappa shape index (κ2) is 3.62. The molecule has 0 saturated carbocycles. The van der Waals surface area contributed by atoms with Gasteiger partial charge in [0.1, 0.15) is 0 Å². The van der Waals surface area contributed by atoms with E-state index in [1.54, 1.807) is 6.08 Å². The molecule has 0 aliphatic carbocycles. The number of hydrogen-bond donors (Lipinski definition) is 1. The largest absolute Gasteiger partial charge is 0.495 e. The lowest BCUT2D eigenvalue weighted by molar-refractivity contribution is 0.128. The SMILES string of the molecule is C/C=C(/O)N1CCN(C)CC1. The van der Waals surface area contributed by atoms with Crippen LogP contribution < -0.4 is 0 Å². The van der Waals surface area contributed by atoms with Gasteiger partial charge in [-0.15, -0.1) is 0 Å². The second-order valence-corrected chi connectivity index (χ2v) is 2.94. The summed E-state index contributed by atoms with van der Waals surface area (Å²) in [6.07, 6.45) is 1.74. The molecule has 0 atom stereocenters. The summed E-state index contributed by atoms with van der Waals surface area (Å²) in [5, 5.41) is 9.34. The summed E-state index contributed by atoms with van der Waals surface area (Å²) in [5.74, 6) is 0.415. The molecule has 3 nitrogen and oxygen atoms in total. The molecule has 1 heterocycles. The first kappa shape index (κ1) is 8.40. The molecule has 1 N–H and O–H groups in total. The topological polar surface area (TPSA) is 26.7 Å². The molecular formula is C8H16N2O. The molecule has 64 valence electrons. The van der Waals surface area contributed by atoms with Crippen LogP contribution >= 0.6 is 0 Å². The average Bonchev–Trinajstić information content (AvgIpc) is 2.05. The van der Waals surface area contributed by atoms with Gasteiger partial charge >= 0.3 is 0 Å². The van der Waals surface area contributed by atoms with E-state index in [0.29, 0.717) is 5.88 Å². The van der Waals surface area contributed by atoms with Crippen LogP contribution in [-0.2, 0) is 0 Å². The van der Waals surface area contributed by atoms with E-state index in [9.17, 15) is 5.11 Å². The standard InChI is InChI=1S/C8H16N2O/c1-3-8(11)10-6-4-9(2)5-7-10/h3,11H,4-7H2,1-2H3/b8-3+. The van der Waals surface area contributed by atoms with Crippen molar-refractivity contribution >= 4 is 0 Å². The van der Waals surface area contributed by atoms with E-state index >= 15 is 0 Å². The molecular weight excluding hydrogens is 140 g/mol. The zero-order chi connectivity index (χ0) is 8.27. The predicted octanol–water partition coefficient (Wildman–Crippen LogP) is 0.653. The second-order valence-electron chi connectivity index (χ2n) is 2.94. The van der Waals surface area contributed by atoms with Crippen molar-refractivity contribution in [1.82, 2.24) is 9.80 Å². The van der Waals surface area contributed by atoms with Gasteiger partial charge in [-0.1, -0.05) is 0 Å². The van der Waals surface area contributed by atoms with E-state index in [-0.39, 0.29) is 0 Å². The molecule has 0 aromatic rings. The zero-order valence-electron chi connectivity index (χ0n) is 7.25. The van der Waals surface area contributed by atoms with Crippen molar-refractivity contribution in [3.63, 3.8) is 0 Å². The summed E-state index contributed by atoms with van der Waals surface area (Å²) in [6, 6.07) is 0. The fourth-order valence-electron chi connectivity index (χ4n) is 1.22. The lowest BCUT2D eigenvalue weighted by Gasteiger charge is -2.32. The first-order valence-corrected chi connectivity index (χ1v) is 4.03. The van der Waals surface area contributed by atoms with Crippen LogP contribution in [0, 0.1) is 0 Å². The highest BCUT2D eigenvalue weighted by Crippen LogP contribution is 2.04. The van der Waals surface area contributed by atoms with Gasteiger partial charge < -0.3 is 14.9 Å². The average molecular weight is 156 g/mol. The van der Waals surface area contributed by atoms with Gasteiger partial charge in [-0.25, -0.2) is 0 Å². The number of aliphatic hydroxyl groups excluding tert-OH is 1. The van der Waals surface area contributed by atoms with E-state index in [1.807, 2.05) is 11.8 Å². The Kier molecular flexibility index (Phi) is 2.76. The van der Waals surface area contributed by atoms with Crippen LogP contribution in [0.3, 0.4) is 0 Å². The van der Waals surface area contributed by atoms with Gasteiger partial charge in [0.25, 0.3) is 0 Å². The summed E-state index contributed by atoms with van der Waals surface area (Å²) < 4.78 is 0. The Balaban J connectivity index is 2.39. The Morgan fingerprint density at radius 1 is 1.27 bits per heavy atom. The molecule has 1 aliphatic heterocycles. The molecule has 1 saturated heterocycles. The van der Waals surface area contributed by atoms with E-state index in [2.05, 4.69) is 11.9 Å². The van der Waals surface area contributed by atoms with E-state index in [1.165, 1.54) is 0 Å². The van der Waals surface area contributed by atoms with Gasteiger partial charge in [-0.3, -0.25) is 0 Å². The third kappa shape index (κ3) is 2.12. The summed E-state index contributed by atoms with van der Waals surface area (Å²) in [5.41, 5.74) is 0. The van der Waals surface area contributed by atoms with Crippen LogP contribution in [0.2, 0.25) is 0 Å². The molecule has 0 bridgehead atoms. The maximum Gasteiger partial charge on any atom is 0.182 e. The zero-order valence-corrected chi connectivity index (χ0v) is 7.25. The lowest BCUT2D eigenvalue weighted by Crippen LogP contribution is -2.43. The summed E-state index contributed by atoms with van der Waals surface area (Å²) in [7, 11) is 2.10. The number of aliphatic hydroxyl groups is 1. The van der Waals surface area contributed by atoms with Gasteiger partial charge in [0.05, 0.1) is 0 Å². The first-order valence-electron chi connectivity index (χ1n) is 4.03. The predicted molar refractivity (Wildman–Crippen MR) is 45.5 cm³/mol. The van der Waals surface area contributed by atoms with Gasteiger partial charge in [0.2, 0.25) is 0 Å². The Labute approximate surface area is 67.9 Å². The molecule has 1 aliphatic rings. The fraction of sp³-hybridized carbons (Fsp3) is 0.750. The monoisotopic (exact) mass is 156 g/mol. The van der Waals surface area contributed by atoms with Gasteiger partial charge in [-0.05, 0) is 20.0 Å². The minimum Gasteiger partial charge on any atom is -0.495 e. The minimum absolute atomic E-state index is 0.415. The molecule has 1 rings (SSSR count). The maximum absolute atomic E-state index is 9.34. The van der Waals surface area contributed by atoms with Crippen LogP contribution in [0.25, 0.3) is 0 Å². The van der Waals surface area contributed by atoms with E-state index in [4.69, 9.17) is 0 Å². The van der Waals surface area contributed by atoms with Crippen LogP contribution in [0.4, 0.5) is 0 Å². The Morgan fingerprint density at radius 3 is 2.27 bits per heavy atom. The normalized spacial score (nSPS) is 22.4. The molecule has 0 radical (unpaired) electrons. The van der Waals surface area contributed by atoms with Crippen LogP contribution in [-0.4, -0.2) is 48.1 Å². The minimum atomic E-state index is 0.415. The lowest BCUT2D eigenvalue weighted by atomic mass is 10.3. The van der Waals surface area contributed by atoms with Crippen molar-refractivity contribution in [2.75, 3.05) is 33.2 Å². The van der Waals surface area contributed by atoms with Gasteiger partial charge in [0, 0.05) is 26.2 Å². The summed E-state index contributed by atoms with van der Waals surface area (Å²) in [4.78, 5) is 4.26. The molecule has 0 unspecified atom stereocenters. The third-order valence-electron chi connectivity index (χ3n) is 2.09.